The van der Waals surface area contributed by atoms with Crippen LogP contribution in [0.5, 0.6) is 0 Å². The fourth-order valence-electron chi connectivity index (χ4n) is 4.24. The SMILES string of the molecule is CCN1CCN(C(=O)c2cccc(=O)[nH]2)CC(Cc2ccc(-c3ccccc3F)cc2)C1=O. The van der Waals surface area contributed by atoms with Crippen molar-refractivity contribution in [1.82, 2.24) is 14.8 Å². The average Bonchev–Trinajstić information content (AvgIpc) is 2.98. The molecule has 0 radical (unpaired) electrons. The van der Waals surface area contributed by atoms with Crippen LogP contribution in [0.2, 0.25) is 0 Å². The standard InChI is InChI=1S/C26H26FN3O3/c1-2-29-14-15-30(26(33)23-8-5-9-24(31)28-23)17-20(25(29)32)16-18-10-12-19(13-11-18)21-6-3-4-7-22(21)27/h3-13,20H,2,14-17H2,1H3,(H,28,31). The molecule has 1 atom stereocenters. The number of pyridine rings is 1. The molecule has 1 aliphatic heterocycles. The van der Waals surface area contributed by atoms with Crippen LogP contribution in [-0.4, -0.2) is 52.8 Å². The zero-order chi connectivity index (χ0) is 23.4. The first-order chi connectivity index (χ1) is 16.0. The van der Waals surface area contributed by atoms with E-state index in [0.717, 1.165) is 11.1 Å². The highest BCUT2D eigenvalue weighted by molar-refractivity contribution is 5.93. The molecule has 1 saturated heterocycles. The molecule has 7 heteroatoms. The minimum absolute atomic E-state index is 0.00698. The van der Waals surface area contributed by atoms with Gasteiger partial charge in [0, 0.05) is 37.8 Å². The van der Waals surface area contributed by atoms with Gasteiger partial charge in [-0.25, -0.2) is 4.39 Å². The van der Waals surface area contributed by atoms with Crippen LogP contribution in [0.4, 0.5) is 4.39 Å². The summed E-state index contributed by atoms with van der Waals surface area (Å²) in [5, 5.41) is 0. The Morgan fingerprint density at radius 2 is 1.76 bits per heavy atom. The number of amides is 2. The number of halogens is 1. The topological polar surface area (TPSA) is 73.5 Å². The van der Waals surface area contributed by atoms with E-state index in [1.54, 1.807) is 40.1 Å². The van der Waals surface area contributed by atoms with Crippen molar-refractivity contribution in [2.75, 3.05) is 26.2 Å². The van der Waals surface area contributed by atoms with Crippen molar-refractivity contribution >= 4 is 11.8 Å². The molecule has 2 heterocycles. The molecule has 4 rings (SSSR count). The molecule has 2 amide bonds. The van der Waals surface area contributed by atoms with Crippen LogP contribution < -0.4 is 5.56 Å². The lowest BCUT2D eigenvalue weighted by Crippen LogP contribution is -2.38. The van der Waals surface area contributed by atoms with Crippen LogP contribution in [0.3, 0.4) is 0 Å². The van der Waals surface area contributed by atoms with Crippen molar-refractivity contribution in [2.24, 2.45) is 5.92 Å². The maximum absolute atomic E-state index is 14.1. The van der Waals surface area contributed by atoms with Crippen molar-refractivity contribution in [3.8, 4) is 11.1 Å². The first-order valence-electron chi connectivity index (χ1n) is 11.1. The van der Waals surface area contributed by atoms with Crippen molar-refractivity contribution in [1.29, 1.82) is 0 Å². The average molecular weight is 448 g/mol. The van der Waals surface area contributed by atoms with Crippen LogP contribution >= 0.6 is 0 Å². The number of aromatic nitrogens is 1. The molecule has 33 heavy (non-hydrogen) atoms. The quantitative estimate of drug-likeness (QED) is 0.652. The minimum atomic E-state index is -0.411. The summed E-state index contributed by atoms with van der Waals surface area (Å²) >= 11 is 0. The van der Waals surface area contributed by atoms with Crippen LogP contribution in [0.25, 0.3) is 11.1 Å². The van der Waals surface area contributed by atoms with E-state index in [0.29, 0.717) is 31.6 Å². The molecule has 6 nitrogen and oxygen atoms in total. The summed E-state index contributed by atoms with van der Waals surface area (Å²) in [6, 6.07) is 18.6. The molecule has 2 aromatic carbocycles. The summed E-state index contributed by atoms with van der Waals surface area (Å²) < 4.78 is 14.1. The summed E-state index contributed by atoms with van der Waals surface area (Å²) in [5.41, 5.74) is 2.11. The van der Waals surface area contributed by atoms with E-state index in [9.17, 15) is 18.8 Å². The molecule has 0 bridgehead atoms. The third kappa shape index (κ3) is 5.03. The first kappa shape index (κ1) is 22.5. The lowest BCUT2D eigenvalue weighted by Gasteiger charge is -2.23. The lowest BCUT2D eigenvalue weighted by molar-refractivity contribution is -0.134. The number of nitrogens with one attached hydrogen (secondary N) is 1. The number of likely N-dealkylation sites (N-methyl/N-ethyl adjacent to an activating group) is 1. The molecule has 1 fully saturated rings. The number of hydrogen-bond acceptors (Lipinski definition) is 3. The Hall–Kier alpha value is -3.74. The summed E-state index contributed by atoms with van der Waals surface area (Å²) in [7, 11) is 0. The van der Waals surface area contributed by atoms with Crippen molar-refractivity contribution in [2.45, 2.75) is 13.3 Å². The second-order valence-electron chi connectivity index (χ2n) is 8.18. The van der Waals surface area contributed by atoms with Crippen molar-refractivity contribution in [3.63, 3.8) is 0 Å². The third-order valence-corrected chi connectivity index (χ3v) is 6.03. The van der Waals surface area contributed by atoms with Crippen LogP contribution in [0.15, 0.2) is 71.5 Å². The highest BCUT2D eigenvalue weighted by atomic mass is 19.1. The Labute approximate surface area is 191 Å². The maximum Gasteiger partial charge on any atom is 0.270 e. The number of H-pyrrole nitrogens is 1. The Bertz CT molecular complexity index is 1210. The maximum atomic E-state index is 14.1. The second-order valence-corrected chi connectivity index (χ2v) is 8.18. The van der Waals surface area contributed by atoms with Crippen LogP contribution in [0.1, 0.15) is 23.0 Å². The van der Waals surface area contributed by atoms with Gasteiger partial charge in [0.15, 0.2) is 0 Å². The van der Waals surface area contributed by atoms with Crippen molar-refractivity contribution < 1.29 is 14.0 Å². The van der Waals surface area contributed by atoms with E-state index < -0.39 is 5.92 Å². The normalized spacial score (nSPS) is 16.5. The van der Waals surface area contributed by atoms with Gasteiger partial charge in [-0.2, -0.15) is 0 Å². The molecule has 0 spiro atoms. The molecular weight excluding hydrogens is 421 g/mol. The highest BCUT2D eigenvalue weighted by Gasteiger charge is 2.32. The fourth-order valence-corrected chi connectivity index (χ4v) is 4.24. The number of hydrogen-bond donors (Lipinski definition) is 1. The van der Waals surface area contributed by atoms with E-state index in [1.807, 2.05) is 31.2 Å². The van der Waals surface area contributed by atoms with Gasteiger partial charge in [0.25, 0.3) is 5.91 Å². The van der Waals surface area contributed by atoms with Gasteiger partial charge in [-0.1, -0.05) is 48.5 Å². The van der Waals surface area contributed by atoms with Gasteiger partial charge in [-0.05, 0) is 36.6 Å². The number of nitrogens with zero attached hydrogens (tertiary/aromatic N) is 2. The molecule has 0 saturated carbocycles. The van der Waals surface area contributed by atoms with Gasteiger partial charge in [-0.15, -0.1) is 0 Å². The fraction of sp³-hybridized carbons (Fsp3) is 0.269. The zero-order valence-corrected chi connectivity index (χ0v) is 18.5. The van der Waals surface area contributed by atoms with E-state index in [1.165, 1.54) is 12.1 Å². The van der Waals surface area contributed by atoms with E-state index in [4.69, 9.17) is 0 Å². The molecule has 1 aromatic heterocycles. The van der Waals surface area contributed by atoms with Gasteiger partial charge < -0.3 is 14.8 Å². The number of carbonyl (C=O) groups excluding carboxylic acids is 2. The van der Waals surface area contributed by atoms with Crippen LogP contribution in [0, 0.1) is 11.7 Å². The van der Waals surface area contributed by atoms with Crippen LogP contribution in [-0.2, 0) is 11.2 Å². The van der Waals surface area contributed by atoms with E-state index in [2.05, 4.69) is 4.98 Å². The predicted molar refractivity (Wildman–Crippen MR) is 124 cm³/mol. The van der Waals surface area contributed by atoms with Crippen molar-refractivity contribution in [3.05, 3.63) is 94.2 Å². The predicted octanol–water partition coefficient (Wildman–Crippen LogP) is 3.34. The van der Waals surface area contributed by atoms with E-state index >= 15 is 0 Å². The summed E-state index contributed by atoms with van der Waals surface area (Å²) in [6.07, 6.45) is 0.460. The smallest absolute Gasteiger partial charge is 0.270 e. The molecule has 1 unspecified atom stereocenters. The lowest BCUT2D eigenvalue weighted by atomic mass is 9.95. The van der Waals surface area contributed by atoms with Gasteiger partial charge >= 0.3 is 0 Å². The monoisotopic (exact) mass is 447 g/mol. The van der Waals surface area contributed by atoms with Gasteiger partial charge in [0.2, 0.25) is 11.5 Å². The Kier molecular flexibility index (Phi) is 6.68. The molecule has 3 aromatic rings. The van der Waals surface area contributed by atoms with Gasteiger partial charge in [0.1, 0.15) is 11.5 Å². The third-order valence-electron chi connectivity index (χ3n) is 6.03. The minimum Gasteiger partial charge on any atom is -0.341 e. The summed E-state index contributed by atoms with van der Waals surface area (Å²) in [6.45, 7) is 3.59. The molecule has 1 N–H and O–H groups in total. The number of benzene rings is 2. The number of aromatic amines is 1. The summed E-state index contributed by atoms with van der Waals surface area (Å²) in [4.78, 5) is 43.8. The number of rotatable bonds is 5. The molecule has 170 valence electrons. The van der Waals surface area contributed by atoms with E-state index in [-0.39, 0.29) is 35.4 Å². The molecule has 1 aliphatic rings. The Morgan fingerprint density at radius 3 is 2.45 bits per heavy atom. The second kappa shape index (κ2) is 9.81. The van der Waals surface area contributed by atoms with Gasteiger partial charge in [-0.3, -0.25) is 14.4 Å². The van der Waals surface area contributed by atoms with Gasteiger partial charge in [0.05, 0.1) is 5.92 Å². The Morgan fingerprint density at radius 1 is 1.00 bits per heavy atom. The zero-order valence-electron chi connectivity index (χ0n) is 18.5. The summed E-state index contributed by atoms with van der Waals surface area (Å²) in [5.74, 6) is -0.979. The highest BCUT2D eigenvalue weighted by Crippen LogP contribution is 2.24. The molecule has 0 aliphatic carbocycles. The molecular formula is C26H26FN3O3. The first-order valence-corrected chi connectivity index (χ1v) is 11.1. The number of carbonyl (C=O) groups is 2. The largest absolute Gasteiger partial charge is 0.341 e. The Balaban J connectivity index is 1.55.